The minimum atomic E-state index is -4.64. The number of nitrogens with zero attached hydrogens (tertiary/aromatic N) is 1. The molecule has 1 aromatic carbocycles. The number of rotatable bonds is 6. The molecule has 1 aliphatic rings. The van der Waals surface area contributed by atoms with Crippen LogP contribution in [0.3, 0.4) is 0 Å². The summed E-state index contributed by atoms with van der Waals surface area (Å²) in [5.74, 6) is 0.554. The lowest BCUT2D eigenvalue weighted by molar-refractivity contribution is -0.274. The summed E-state index contributed by atoms with van der Waals surface area (Å²) in [6.07, 6.45) is -2.32. The van der Waals surface area contributed by atoms with Gasteiger partial charge in [0.2, 0.25) is 0 Å². The fourth-order valence-corrected chi connectivity index (χ4v) is 3.05. The van der Waals surface area contributed by atoms with Crippen LogP contribution in [0.25, 0.3) is 0 Å². The number of piperidine rings is 1. The first-order valence-corrected chi connectivity index (χ1v) is 8.19. The first kappa shape index (κ1) is 18.1. The van der Waals surface area contributed by atoms with E-state index in [2.05, 4.69) is 28.8 Å². The molecule has 1 aromatic rings. The average Bonchev–Trinajstić information content (AvgIpc) is 2.52. The van der Waals surface area contributed by atoms with Crippen LogP contribution in [-0.2, 0) is 0 Å². The maximum Gasteiger partial charge on any atom is 0.573 e. The molecule has 0 saturated carbocycles. The molecule has 0 spiro atoms. The van der Waals surface area contributed by atoms with Gasteiger partial charge in [-0.1, -0.05) is 19.1 Å². The lowest BCUT2D eigenvalue weighted by atomic mass is 9.94. The Hall–Kier alpha value is -1.27. The third-order valence-electron chi connectivity index (χ3n) is 4.48. The van der Waals surface area contributed by atoms with Crippen molar-refractivity contribution in [3.63, 3.8) is 0 Å². The zero-order chi connectivity index (χ0) is 16.9. The third kappa shape index (κ3) is 5.70. The Bertz CT molecular complexity index is 468. The van der Waals surface area contributed by atoms with Crippen molar-refractivity contribution >= 4 is 0 Å². The molecule has 1 atom stereocenters. The number of ether oxygens (including phenoxy) is 1. The van der Waals surface area contributed by atoms with Gasteiger partial charge in [0.15, 0.2) is 0 Å². The van der Waals surface area contributed by atoms with Crippen LogP contribution in [0.15, 0.2) is 24.3 Å². The van der Waals surface area contributed by atoms with Crippen LogP contribution in [0.5, 0.6) is 5.75 Å². The Kier molecular flexibility index (Phi) is 6.30. The summed E-state index contributed by atoms with van der Waals surface area (Å²) in [4.78, 5) is 2.39. The smallest absolute Gasteiger partial charge is 0.406 e. The van der Waals surface area contributed by atoms with E-state index >= 15 is 0 Å². The molecule has 1 fully saturated rings. The highest BCUT2D eigenvalue weighted by atomic mass is 19.4. The maximum absolute atomic E-state index is 12.2. The maximum atomic E-state index is 12.2. The molecule has 1 aliphatic heterocycles. The van der Waals surface area contributed by atoms with E-state index in [0.29, 0.717) is 0 Å². The highest BCUT2D eigenvalue weighted by molar-refractivity contribution is 5.29. The highest BCUT2D eigenvalue weighted by Gasteiger charge is 2.31. The van der Waals surface area contributed by atoms with Gasteiger partial charge in [0.25, 0.3) is 0 Å². The molecule has 1 unspecified atom stereocenters. The molecule has 1 N–H and O–H groups in total. The van der Waals surface area contributed by atoms with Gasteiger partial charge in [0.1, 0.15) is 5.75 Å². The van der Waals surface area contributed by atoms with E-state index in [9.17, 15) is 13.2 Å². The second-order valence-corrected chi connectivity index (χ2v) is 6.08. The summed E-state index contributed by atoms with van der Waals surface area (Å²) in [5.41, 5.74) is 1.02. The molecular weight excluding hydrogens is 305 g/mol. The Labute approximate surface area is 135 Å². The number of likely N-dealkylation sites (tertiary alicyclic amines) is 1. The van der Waals surface area contributed by atoms with Crippen LogP contribution < -0.4 is 10.1 Å². The molecule has 0 amide bonds. The standard InChI is InChI=1S/C17H25F3N2O/c1-3-21-12-14-8-10-22(11-9-14)13(2)15-4-6-16(7-5-15)23-17(18,19)20/h4-7,13-14,21H,3,8-12H2,1-2H3. The van der Waals surface area contributed by atoms with Crippen molar-refractivity contribution in [3.05, 3.63) is 29.8 Å². The Morgan fingerprint density at radius 1 is 1.22 bits per heavy atom. The number of hydrogen-bond donors (Lipinski definition) is 1. The molecule has 3 nitrogen and oxygen atoms in total. The second kappa shape index (κ2) is 8.02. The lowest BCUT2D eigenvalue weighted by Gasteiger charge is -2.36. The molecular formula is C17H25F3N2O. The van der Waals surface area contributed by atoms with Gasteiger partial charge in [0.05, 0.1) is 0 Å². The Balaban J connectivity index is 1.87. The van der Waals surface area contributed by atoms with Gasteiger partial charge in [-0.2, -0.15) is 0 Å². The van der Waals surface area contributed by atoms with Crippen molar-refractivity contribution in [1.29, 1.82) is 0 Å². The van der Waals surface area contributed by atoms with E-state index in [-0.39, 0.29) is 11.8 Å². The van der Waals surface area contributed by atoms with Crippen molar-refractivity contribution in [1.82, 2.24) is 10.2 Å². The molecule has 6 heteroatoms. The molecule has 0 radical (unpaired) electrons. The molecule has 1 saturated heterocycles. The average molecular weight is 330 g/mol. The molecule has 1 heterocycles. The first-order chi connectivity index (χ1) is 10.9. The number of alkyl halides is 3. The molecule has 0 aliphatic carbocycles. The monoisotopic (exact) mass is 330 g/mol. The topological polar surface area (TPSA) is 24.5 Å². The number of hydrogen-bond acceptors (Lipinski definition) is 3. The molecule has 2 rings (SSSR count). The largest absolute Gasteiger partial charge is 0.573 e. The Morgan fingerprint density at radius 2 is 1.83 bits per heavy atom. The molecule has 23 heavy (non-hydrogen) atoms. The van der Waals surface area contributed by atoms with Crippen molar-refractivity contribution in [2.24, 2.45) is 5.92 Å². The van der Waals surface area contributed by atoms with E-state index in [4.69, 9.17) is 0 Å². The zero-order valence-electron chi connectivity index (χ0n) is 13.7. The summed E-state index contributed by atoms with van der Waals surface area (Å²) < 4.78 is 40.5. The number of benzene rings is 1. The third-order valence-corrected chi connectivity index (χ3v) is 4.48. The summed E-state index contributed by atoms with van der Waals surface area (Å²) >= 11 is 0. The van der Waals surface area contributed by atoms with Crippen LogP contribution in [0.1, 0.15) is 38.3 Å². The predicted molar refractivity (Wildman–Crippen MR) is 84.4 cm³/mol. The van der Waals surface area contributed by atoms with Gasteiger partial charge >= 0.3 is 6.36 Å². The second-order valence-electron chi connectivity index (χ2n) is 6.08. The van der Waals surface area contributed by atoms with Crippen LogP contribution in [0.4, 0.5) is 13.2 Å². The van der Waals surface area contributed by atoms with Gasteiger partial charge in [-0.05, 0) is 69.6 Å². The normalized spacial score (nSPS) is 18.8. The van der Waals surface area contributed by atoms with E-state index in [1.54, 1.807) is 12.1 Å². The lowest BCUT2D eigenvalue weighted by Crippen LogP contribution is -2.38. The van der Waals surface area contributed by atoms with Crippen LogP contribution in [0, 0.1) is 5.92 Å². The van der Waals surface area contributed by atoms with Crippen molar-refractivity contribution in [2.45, 2.75) is 39.1 Å². The van der Waals surface area contributed by atoms with E-state index in [1.165, 1.54) is 12.1 Å². The summed E-state index contributed by atoms with van der Waals surface area (Å²) in [5, 5.41) is 3.39. The van der Waals surface area contributed by atoms with Gasteiger partial charge < -0.3 is 10.1 Å². The molecule has 0 aromatic heterocycles. The van der Waals surface area contributed by atoms with Crippen molar-refractivity contribution in [3.8, 4) is 5.75 Å². The van der Waals surface area contributed by atoms with Gasteiger partial charge in [-0.15, -0.1) is 13.2 Å². The molecule has 0 bridgehead atoms. The summed E-state index contributed by atoms with van der Waals surface area (Å²) in [7, 11) is 0. The van der Waals surface area contributed by atoms with E-state index in [0.717, 1.165) is 50.5 Å². The SMILES string of the molecule is CCNCC1CCN(C(C)c2ccc(OC(F)(F)F)cc2)CC1. The van der Waals surface area contributed by atoms with E-state index in [1.807, 2.05) is 0 Å². The number of nitrogens with one attached hydrogen (secondary N) is 1. The van der Waals surface area contributed by atoms with Crippen molar-refractivity contribution in [2.75, 3.05) is 26.2 Å². The highest BCUT2D eigenvalue weighted by Crippen LogP contribution is 2.29. The Morgan fingerprint density at radius 3 is 2.35 bits per heavy atom. The zero-order valence-corrected chi connectivity index (χ0v) is 13.7. The predicted octanol–water partition coefficient (Wildman–Crippen LogP) is 3.97. The molecule has 130 valence electrons. The van der Waals surface area contributed by atoms with Crippen LogP contribution in [-0.4, -0.2) is 37.4 Å². The number of halogens is 3. The quantitative estimate of drug-likeness (QED) is 0.854. The van der Waals surface area contributed by atoms with Gasteiger partial charge in [-0.3, -0.25) is 4.90 Å². The minimum absolute atomic E-state index is 0.169. The fraction of sp³-hybridized carbons (Fsp3) is 0.647. The first-order valence-electron chi connectivity index (χ1n) is 8.19. The fourth-order valence-electron chi connectivity index (χ4n) is 3.05. The summed E-state index contributed by atoms with van der Waals surface area (Å²) in [6, 6.07) is 6.41. The van der Waals surface area contributed by atoms with Gasteiger partial charge in [0, 0.05) is 6.04 Å². The van der Waals surface area contributed by atoms with Crippen LogP contribution in [0.2, 0.25) is 0 Å². The van der Waals surface area contributed by atoms with Gasteiger partial charge in [-0.25, -0.2) is 0 Å². The van der Waals surface area contributed by atoms with Crippen LogP contribution >= 0.6 is 0 Å². The summed E-state index contributed by atoms with van der Waals surface area (Å²) in [6.45, 7) is 8.34. The van der Waals surface area contributed by atoms with E-state index < -0.39 is 6.36 Å². The minimum Gasteiger partial charge on any atom is -0.406 e. The van der Waals surface area contributed by atoms with Crippen molar-refractivity contribution < 1.29 is 17.9 Å².